The minimum atomic E-state index is 0.150. The van der Waals surface area contributed by atoms with E-state index in [9.17, 15) is 4.79 Å². The lowest BCUT2D eigenvalue weighted by atomic mass is 10.1. The molecule has 1 aliphatic heterocycles. The molecule has 0 saturated heterocycles. The van der Waals surface area contributed by atoms with Crippen LogP contribution in [-0.2, 0) is 24.1 Å². The maximum absolute atomic E-state index is 12.9. The van der Waals surface area contributed by atoms with Crippen LogP contribution >= 0.6 is 0 Å². The van der Waals surface area contributed by atoms with Crippen molar-refractivity contribution in [2.75, 3.05) is 27.3 Å². The first-order valence-electron chi connectivity index (χ1n) is 9.26. The van der Waals surface area contributed by atoms with Crippen LogP contribution in [0.25, 0.3) is 10.9 Å². The largest absolute Gasteiger partial charge is 0.493 e. The molecule has 1 aromatic heterocycles. The van der Waals surface area contributed by atoms with Crippen molar-refractivity contribution in [3.8, 4) is 11.5 Å². The molecule has 0 spiro atoms. The fraction of sp³-hybridized carbons (Fsp3) is 0.318. The lowest BCUT2D eigenvalue weighted by molar-refractivity contribution is -0.130. The van der Waals surface area contributed by atoms with Gasteiger partial charge in [0.2, 0.25) is 5.91 Å². The number of aromatic amines is 1. The van der Waals surface area contributed by atoms with E-state index in [2.05, 4.69) is 29.2 Å². The van der Waals surface area contributed by atoms with Crippen molar-refractivity contribution < 1.29 is 14.3 Å². The minimum Gasteiger partial charge on any atom is -0.493 e. The van der Waals surface area contributed by atoms with E-state index >= 15 is 0 Å². The molecule has 0 aliphatic carbocycles. The highest BCUT2D eigenvalue weighted by Crippen LogP contribution is 2.28. The number of carbonyl (C=O) groups is 1. The van der Waals surface area contributed by atoms with Crippen LogP contribution in [0.4, 0.5) is 0 Å². The highest BCUT2D eigenvalue weighted by atomic mass is 16.5. The third-order valence-corrected chi connectivity index (χ3v) is 5.32. The van der Waals surface area contributed by atoms with Crippen LogP contribution in [0.3, 0.4) is 0 Å². The van der Waals surface area contributed by atoms with Gasteiger partial charge in [0, 0.05) is 36.1 Å². The maximum Gasteiger partial charge on any atom is 0.227 e. The molecule has 140 valence electrons. The molecule has 0 bridgehead atoms. The lowest BCUT2D eigenvalue weighted by Gasteiger charge is -2.20. The molecule has 4 rings (SSSR count). The number of H-pyrrole nitrogens is 1. The monoisotopic (exact) mass is 364 g/mol. The van der Waals surface area contributed by atoms with Gasteiger partial charge in [-0.2, -0.15) is 0 Å². The summed E-state index contributed by atoms with van der Waals surface area (Å²) in [5.74, 6) is 1.48. The van der Waals surface area contributed by atoms with Crippen molar-refractivity contribution in [3.63, 3.8) is 0 Å². The summed E-state index contributed by atoms with van der Waals surface area (Å²) < 4.78 is 10.6. The summed E-state index contributed by atoms with van der Waals surface area (Å²) in [5, 5.41) is 1.28. The Labute approximate surface area is 158 Å². The Morgan fingerprint density at radius 2 is 1.81 bits per heavy atom. The van der Waals surface area contributed by atoms with Crippen molar-refractivity contribution in [1.82, 2.24) is 9.88 Å². The first-order valence-corrected chi connectivity index (χ1v) is 9.26. The molecular formula is C22H24N2O3. The Balaban J connectivity index is 1.47. The topological polar surface area (TPSA) is 54.6 Å². The van der Waals surface area contributed by atoms with E-state index in [1.54, 1.807) is 14.2 Å². The van der Waals surface area contributed by atoms with Gasteiger partial charge in [0.15, 0.2) is 11.5 Å². The zero-order valence-corrected chi connectivity index (χ0v) is 15.7. The third kappa shape index (κ3) is 3.37. The number of nitrogens with one attached hydrogen (secondary N) is 1. The summed E-state index contributed by atoms with van der Waals surface area (Å²) in [6.45, 7) is 1.49. The first-order chi connectivity index (χ1) is 13.2. The molecule has 5 heteroatoms. The van der Waals surface area contributed by atoms with E-state index in [0.29, 0.717) is 17.9 Å². The zero-order valence-electron chi connectivity index (χ0n) is 15.7. The number of ether oxygens (including phenoxy) is 2. The van der Waals surface area contributed by atoms with Crippen LogP contribution in [0.5, 0.6) is 11.5 Å². The number of benzene rings is 2. The molecule has 2 aromatic carbocycles. The molecular weight excluding hydrogens is 340 g/mol. The molecule has 0 unspecified atom stereocenters. The number of hydrogen-bond acceptors (Lipinski definition) is 3. The number of nitrogens with zero attached hydrogens (tertiary/aromatic N) is 1. The molecule has 3 aromatic rings. The van der Waals surface area contributed by atoms with Gasteiger partial charge in [-0.1, -0.05) is 24.3 Å². The van der Waals surface area contributed by atoms with E-state index in [1.165, 1.54) is 22.2 Å². The quantitative estimate of drug-likeness (QED) is 0.772. The van der Waals surface area contributed by atoms with Crippen LogP contribution < -0.4 is 9.47 Å². The summed E-state index contributed by atoms with van der Waals surface area (Å²) in [5.41, 5.74) is 4.74. The van der Waals surface area contributed by atoms with Gasteiger partial charge in [-0.05, 0) is 35.7 Å². The summed E-state index contributed by atoms with van der Waals surface area (Å²) in [4.78, 5) is 18.4. The van der Waals surface area contributed by atoms with Crippen molar-refractivity contribution in [1.29, 1.82) is 0 Å². The lowest BCUT2D eigenvalue weighted by Crippen LogP contribution is -2.34. The Hall–Kier alpha value is -2.95. The van der Waals surface area contributed by atoms with Gasteiger partial charge in [-0.15, -0.1) is 0 Å². The standard InChI is InChI=1S/C22H24N2O3/c1-26-20-8-7-15(13-21(20)27-2)14-22(25)24-11-9-17-16-5-3-4-6-18(16)23-19(17)10-12-24/h3-8,13,23H,9-12,14H2,1-2H3. The SMILES string of the molecule is COc1ccc(CC(=O)N2CCc3[nH]c4ccccc4c3CC2)cc1OC. The van der Waals surface area contributed by atoms with Gasteiger partial charge < -0.3 is 19.4 Å². The second kappa shape index (κ2) is 7.35. The molecule has 1 amide bonds. The van der Waals surface area contributed by atoms with Gasteiger partial charge in [-0.25, -0.2) is 0 Å². The molecule has 1 N–H and O–H groups in total. The smallest absolute Gasteiger partial charge is 0.227 e. The van der Waals surface area contributed by atoms with Gasteiger partial charge in [0.05, 0.1) is 20.6 Å². The van der Waals surface area contributed by atoms with E-state index in [4.69, 9.17) is 9.47 Å². The van der Waals surface area contributed by atoms with Crippen molar-refractivity contribution in [2.45, 2.75) is 19.3 Å². The summed E-state index contributed by atoms with van der Waals surface area (Å²) >= 11 is 0. The van der Waals surface area contributed by atoms with E-state index < -0.39 is 0 Å². The average Bonchev–Trinajstić information content (AvgIpc) is 2.91. The first kappa shape index (κ1) is 17.5. The molecule has 27 heavy (non-hydrogen) atoms. The number of fused-ring (bicyclic) bond motifs is 3. The number of hydrogen-bond donors (Lipinski definition) is 1. The van der Waals surface area contributed by atoms with Gasteiger partial charge in [-0.3, -0.25) is 4.79 Å². The average molecular weight is 364 g/mol. The van der Waals surface area contributed by atoms with Crippen LogP contribution in [0.2, 0.25) is 0 Å². The number of carbonyl (C=O) groups excluding carboxylic acids is 1. The Morgan fingerprint density at radius 1 is 1.04 bits per heavy atom. The van der Waals surface area contributed by atoms with Crippen LogP contribution in [0.1, 0.15) is 16.8 Å². The summed E-state index contributed by atoms with van der Waals surface area (Å²) in [6, 6.07) is 14.0. The van der Waals surface area contributed by atoms with Gasteiger partial charge >= 0.3 is 0 Å². The fourth-order valence-electron chi connectivity index (χ4n) is 3.89. The summed E-state index contributed by atoms with van der Waals surface area (Å²) in [7, 11) is 3.22. The number of aromatic nitrogens is 1. The zero-order chi connectivity index (χ0) is 18.8. The second-order valence-electron chi connectivity index (χ2n) is 6.87. The van der Waals surface area contributed by atoms with Crippen molar-refractivity contribution in [2.24, 2.45) is 0 Å². The molecule has 0 fully saturated rings. The predicted octanol–water partition coefficient (Wildman–Crippen LogP) is 3.36. The highest BCUT2D eigenvalue weighted by molar-refractivity contribution is 5.85. The Bertz CT molecular complexity index is 977. The number of amides is 1. The maximum atomic E-state index is 12.9. The number of rotatable bonds is 4. The van der Waals surface area contributed by atoms with E-state index in [0.717, 1.165) is 31.5 Å². The van der Waals surface area contributed by atoms with Crippen LogP contribution in [-0.4, -0.2) is 43.1 Å². The highest BCUT2D eigenvalue weighted by Gasteiger charge is 2.21. The van der Waals surface area contributed by atoms with Gasteiger partial charge in [0.25, 0.3) is 0 Å². The molecule has 5 nitrogen and oxygen atoms in total. The second-order valence-corrected chi connectivity index (χ2v) is 6.87. The predicted molar refractivity (Wildman–Crippen MR) is 106 cm³/mol. The number of para-hydroxylation sites is 1. The van der Waals surface area contributed by atoms with E-state index in [1.807, 2.05) is 23.1 Å². The molecule has 0 radical (unpaired) electrons. The Kier molecular flexibility index (Phi) is 4.75. The third-order valence-electron chi connectivity index (χ3n) is 5.32. The molecule has 0 atom stereocenters. The van der Waals surface area contributed by atoms with Crippen LogP contribution in [0, 0.1) is 0 Å². The Morgan fingerprint density at radius 3 is 2.63 bits per heavy atom. The van der Waals surface area contributed by atoms with Crippen molar-refractivity contribution in [3.05, 3.63) is 59.3 Å². The molecule has 2 heterocycles. The molecule has 1 aliphatic rings. The minimum absolute atomic E-state index is 0.150. The molecule has 0 saturated carbocycles. The van der Waals surface area contributed by atoms with Crippen molar-refractivity contribution >= 4 is 16.8 Å². The fourth-order valence-corrected chi connectivity index (χ4v) is 3.89. The normalized spacial score (nSPS) is 13.9. The van der Waals surface area contributed by atoms with E-state index in [-0.39, 0.29) is 5.91 Å². The summed E-state index contributed by atoms with van der Waals surface area (Å²) in [6.07, 6.45) is 2.12. The van der Waals surface area contributed by atoms with Crippen LogP contribution in [0.15, 0.2) is 42.5 Å². The number of methoxy groups -OCH3 is 2. The van der Waals surface area contributed by atoms with Gasteiger partial charge in [0.1, 0.15) is 0 Å².